The summed E-state index contributed by atoms with van der Waals surface area (Å²) in [7, 11) is 0. The van der Waals surface area contributed by atoms with Crippen LogP contribution in [0.3, 0.4) is 0 Å². The summed E-state index contributed by atoms with van der Waals surface area (Å²) in [6.45, 7) is 3.29. The number of halogens is 2. The minimum atomic E-state index is -1.37. The number of quaternary nitrogens is 1. The number of benzene rings is 1. The van der Waals surface area contributed by atoms with Crippen molar-refractivity contribution in [3.05, 3.63) is 39.3 Å². The van der Waals surface area contributed by atoms with Crippen LogP contribution in [0, 0.1) is 5.21 Å². The molecular weight excluding hydrogens is 391 g/mol. The maximum Gasteiger partial charge on any atom is 0.433 e. The number of nitrogens with zero attached hydrogens (tertiary/aromatic N) is 1. The zero-order chi connectivity index (χ0) is 19.9. The molecule has 0 spiro atoms. The number of ether oxygens (including phenoxy) is 2. The molecule has 26 heavy (non-hydrogen) atoms. The summed E-state index contributed by atoms with van der Waals surface area (Å²) >= 11 is 11.8. The summed E-state index contributed by atoms with van der Waals surface area (Å²) < 4.78 is 9.58. The van der Waals surface area contributed by atoms with E-state index in [-0.39, 0.29) is 40.5 Å². The standard InChI is InChI=1S/C14H18Cl2N4O6/c1-3-25-13(21)7-12(17)18-19(14(22)26-4-2)10-5-8(15)9(16)6-11(10)20(23)24/h5-7,18,20,23H,3-4,17H2,1-2H3/b12-7+. The lowest BCUT2D eigenvalue weighted by atomic mass is 10.2. The molecule has 0 bridgehead atoms. The molecular formula is C14H18Cl2N4O6. The Morgan fingerprint density at radius 2 is 1.88 bits per heavy atom. The second-order valence-electron chi connectivity index (χ2n) is 4.59. The Bertz CT molecular complexity index is 698. The molecule has 1 rings (SSSR count). The highest BCUT2D eigenvalue weighted by atomic mass is 35.5. The highest BCUT2D eigenvalue weighted by Gasteiger charge is 2.26. The Balaban J connectivity index is 3.33. The number of hydrogen-bond donors (Lipinski definition) is 4. The van der Waals surface area contributed by atoms with Gasteiger partial charge in [-0.3, -0.25) is 5.43 Å². The van der Waals surface area contributed by atoms with E-state index in [1.807, 2.05) is 0 Å². The molecule has 1 atom stereocenters. The van der Waals surface area contributed by atoms with Gasteiger partial charge in [-0.1, -0.05) is 23.2 Å². The van der Waals surface area contributed by atoms with Crippen LogP contribution in [0.5, 0.6) is 0 Å². The molecule has 12 heteroatoms. The molecule has 10 nitrogen and oxygen atoms in total. The van der Waals surface area contributed by atoms with Crippen LogP contribution in [0.25, 0.3) is 0 Å². The number of hydrogen-bond acceptors (Lipinski definition) is 8. The number of amides is 1. The van der Waals surface area contributed by atoms with Crippen LogP contribution in [0.4, 0.5) is 16.2 Å². The molecule has 0 aliphatic heterocycles. The van der Waals surface area contributed by atoms with Gasteiger partial charge in [0.1, 0.15) is 11.5 Å². The predicted octanol–water partition coefficient (Wildman–Crippen LogP) is 1.23. The number of hydrazine groups is 1. The molecule has 0 aromatic heterocycles. The Labute approximate surface area is 159 Å². The normalized spacial score (nSPS) is 12.3. The molecule has 5 N–H and O–H groups in total. The molecule has 0 radical (unpaired) electrons. The van der Waals surface area contributed by atoms with Crippen molar-refractivity contribution in [2.75, 3.05) is 18.2 Å². The molecule has 0 saturated heterocycles. The van der Waals surface area contributed by atoms with E-state index in [2.05, 4.69) is 5.43 Å². The van der Waals surface area contributed by atoms with Crippen LogP contribution in [-0.4, -0.2) is 30.5 Å². The minimum absolute atomic E-state index is 0.00222. The van der Waals surface area contributed by atoms with Crippen molar-refractivity contribution in [2.45, 2.75) is 13.8 Å². The molecule has 1 amide bonds. The summed E-state index contributed by atoms with van der Waals surface area (Å²) in [5.74, 6) is -1.05. The van der Waals surface area contributed by atoms with Crippen LogP contribution in [0.15, 0.2) is 24.0 Å². The summed E-state index contributed by atoms with van der Waals surface area (Å²) in [6.07, 6.45) is -0.0955. The molecule has 0 saturated carbocycles. The molecule has 1 aromatic rings. The highest BCUT2D eigenvalue weighted by Crippen LogP contribution is 2.32. The molecule has 1 aromatic carbocycles. The maximum absolute atomic E-state index is 12.2. The van der Waals surface area contributed by atoms with Gasteiger partial charge in [0.05, 0.1) is 29.3 Å². The average Bonchev–Trinajstić information content (AvgIpc) is 2.55. The summed E-state index contributed by atoms with van der Waals surface area (Å²) in [6, 6.07) is 2.22. The summed E-state index contributed by atoms with van der Waals surface area (Å²) in [4.78, 5) is 23.7. The predicted molar refractivity (Wildman–Crippen MR) is 93.8 cm³/mol. The van der Waals surface area contributed by atoms with Crippen LogP contribution in [0.2, 0.25) is 10.0 Å². The number of carbonyl (C=O) groups excluding carboxylic acids is 2. The monoisotopic (exact) mass is 408 g/mol. The average molecular weight is 409 g/mol. The quantitative estimate of drug-likeness (QED) is 0.299. The van der Waals surface area contributed by atoms with Gasteiger partial charge in [0.15, 0.2) is 5.69 Å². The first kappa shape index (κ1) is 21.8. The Morgan fingerprint density at radius 3 is 2.42 bits per heavy atom. The molecule has 0 aliphatic rings. The van der Waals surface area contributed by atoms with Gasteiger partial charge in [-0.05, 0) is 19.9 Å². The van der Waals surface area contributed by atoms with Gasteiger partial charge in [0.2, 0.25) is 0 Å². The summed E-state index contributed by atoms with van der Waals surface area (Å²) in [5, 5.41) is 20.1. The largest absolute Gasteiger partial charge is 0.595 e. The topological polar surface area (TPSA) is 142 Å². The van der Waals surface area contributed by atoms with Gasteiger partial charge in [0.25, 0.3) is 0 Å². The number of nitrogens with one attached hydrogen (secondary N) is 2. The SMILES string of the molecule is CCOC(=O)/C=C(\N)NN(C(=O)OCC)c1cc(Cl)c(Cl)cc1[NH+]([O-])O. The van der Waals surface area contributed by atoms with E-state index in [1.165, 1.54) is 0 Å². The van der Waals surface area contributed by atoms with Crippen molar-refractivity contribution in [3.8, 4) is 0 Å². The van der Waals surface area contributed by atoms with Gasteiger partial charge in [-0.15, -0.1) is 0 Å². The lowest BCUT2D eigenvalue weighted by Gasteiger charge is -2.26. The second kappa shape index (κ2) is 10.0. The maximum atomic E-state index is 12.2. The first-order valence-electron chi connectivity index (χ1n) is 7.31. The zero-order valence-corrected chi connectivity index (χ0v) is 15.4. The van der Waals surface area contributed by atoms with Crippen LogP contribution in [-0.2, 0) is 14.3 Å². The first-order chi connectivity index (χ1) is 12.2. The van der Waals surface area contributed by atoms with Crippen LogP contribution in [0.1, 0.15) is 13.8 Å². The van der Waals surface area contributed by atoms with Crippen molar-refractivity contribution in [2.24, 2.45) is 5.73 Å². The Kier molecular flexibility index (Phi) is 8.42. The number of anilines is 1. The third-order valence-electron chi connectivity index (χ3n) is 2.76. The number of rotatable bonds is 7. The second-order valence-corrected chi connectivity index (χ2v) is 5.40. The fraction of sp³-hybridized carbons (Fsp3) is 0.286. The lowest BCUT2D eigenvalue weighted by Crippen LogP contribution is -2.99. The third kappa shape index (κ3) is 5.93. The minimum Gasteiger partial charge on any atom is -0.595 e. The zero-order valence-electron chi connectivity index (χ0n) is 13.9. The molecule has 0 aliphatic carbocycles. The van der Waals surface area contributed by atoms with E-state index < -0.39 is 17.3 Å². The van der Waals surface area contributed by atoms with E-state index >= 15 is 0 Å². The Hall–Kier alpha value is -2.24. The van der Waals surface area contributed by atoms with Crippen molar-refractivity contribution in [3.63, 3.8) is 0 Å². The van der Waals surface area contributed by atoms with Crippen molar-refractivity contribution < 1.29 is 29.5 Å². The van der Waals surface area contributed by atoms with Gasteiger partial charge in [-0.2, -0.15) is 10.2 Å². The van der Waals surface area contributed by atoms with Crippen molar-refractivity contribution in [1.82, 2.24) is 5.43 Å². The number of nitrogens with two attached hydrogens (primary N) is 1. The lowest BCUT2D eigenvalue weighted by molar-refractivity contribution is -0.990. The van der Waals surface area contributed by atoms with E-state index in [1.54, 1.807) is 13.8 Å². The fourth-order valence-electron chi connectivity index (χ4n) is 1.76. The first-order valence-corrected chi connectivity index (χ1v) is 8.06. The van der Waals surface area contributed by atoms with E-state index in [9.17, 15) is 20.0 Å². The van der Waals surface area contributed by atoms with E-state index in [0.717, 1.165) is 18.2 Å². The van der Waals surface area contributed by atoms with Gasteiger partial charge >= 0.3 is 12.1 Å². The fourth-order valence-corrected chi connectivity index (χ4v) is 2.08. The summed E-state index contributed by atoms with van der Waals surface area (Å²) in [5.41, 5.74) is 7.51. The molecule has 0 fully saturated rings. The smallest absolute Gasteiger partial charge is 0.433 e. The molecule has 0 heterocycles. The van der Waals surface area contributed by atoms with Crippen molar-refractivity contribution in [1.29, 1.82) is 0 Å². The van der Waals surface area contributed by atoms with E-state index in [0.29, 0.717) is 5.01 Å². The van der Waals surface area contributed by atoms with Crippen LogP contribution >= 0.6 is 23.2 Å². The molecule has 1 unspecified atom stereocenters. The Morgan fingerprint density at radius 1 is 1.31 bits per heavy atom. The van der Waals surface area contributed by atoms with Gasteiger partial charge in [-0.25, -0.2) is 14.8 Å². The van der Waals surface area contributed by atoms with Crippen molar-refractivity contribution >= 4 is 46.6 Å². The van der Waals surface area contributed by atoms with Gasteiger partial charge < -0.3 is 20.4 Å². The van der Waals surface area contributed by atoms with Gasteiger partial charge in [0, 0.05) is 6.07 Å². The van der Waals surface area contributed by atoms with E-state index in [4.69, 9.17) is 38.4 Å². The highest BCUT2D eigenvalue weighted by molar-refractivity contribution is 6.42. The number of esters is 1. The molecule has 144 valence electrons. The number of carbonyl (C=O) groups is 2. The third-order valence-corrected chi connectivity index (χ3v) is 3.48. The van der Waals surface area contributed by atoms with Crippen LogP contribution < -0.4 is 21.4 Å².